The molecule has 0 saturated carbocycles. The zero-order chi connectivity index (χ0) is 9.56. The molecular weight excluding hydrogens is 180 g/mol. The molecule has 0 aromatic heterocycles. The van der Waals surface area contributed by atoms with E-state index in [0.717, 1.165) is 0 Å². The molecule has 0 unspecified atom stereocenters. The molecule has 0 bridgehead atoms. The van der Waals surface area contributed by atoms with Crippen molar-refractivity contribution in [2.24, 2.45) is 0 Å². The topological polar surface area (TPSA) is 60.4 Å². The van der Waals surface area contributed by atoms with Crippen LogP contribution in [0.1, 0.15) is 13.3 Å². The van der Waals surface area contributed by atoms with Crippen molar-refractivity contribution in [3.05, 3.63) is 12.2 Å². The van der Waals surface area contributed by atoms with Gasteiger partial charge in [0.25, 0.3) is 0 Å². The van der Waals surface area contributed by atoms with E-state index in [1.807, 2.05) is 0 Å². The highest BCUT2D eigenvalue weighted by molar-refractivity contribution is 7.72. The van der Waals surface area contributed by atoms with Gasteiger partial charge in [0, 0.05) is 5.57 Å². The summed E-state index contributed by atoms with van der Waals surface area (Å²) in [5, 5.41) is 0. The van der Waals surface area contributed by atoms with E-state index < -0.39 is 16.7 Å². The summed E-state index contributed by atoms with van der Waals surface area (Å²) in [6.07, 6.45) is 0.345. The average molecular weight is 192 g/mol. The van der Waals surface area contributed by atoms with Crippen LogP contribution in [-0.4, -0.2) is 26.7 Å². The van der Waals surface area contributed by atoms with Gasteiger partial charge in [0.2, 0.25) is 0 Å². The zero-order valence-corrected chi connectivity index (χ0v) is 7.80. The summed E-state index contributed by atoms with van der Waals surface area (Å²) in [6, 6.07) is 0. The van der Waals surface area contributed by atoms with E-state index in [-0.39, 0.29) is 12.4 Å². The summed E-state index contributed by atoms with van der Waals surface area (Å²) in [4.78, 5) is 10.7. The highest BCUT2D eigenvalue weighted by Gasteiger charge is 2.01. The van der Waals surface area contributed by atoms with Gasteiger partial charge in [-0.1, -0.05) is 6.58 Å². The van der Waals surface area contributed by atoms with Crippen LogP contribution >= 0.6 is 0 Å². The number of esters is 1. The van der Waals surface area contributed by atoms with Gasteiger partial charge in [-0.2, -0.15) is 0 Å². The van der Waals surface area contributed by atoms with E-state index in [1.165, 1.54) is 6.92 Å². The molecule has 0 rings (SSSR count). The van der Waals surface area contributed by atoms with E-state index in [2.05, 4.69) is 11.3 Å². The quantitative estimate of drug-likeness (QED) is 0.290. The van der Waals surface area contributed by atoms with Crippen molar-refractivity contribution in [2.45, 2.75) is 13.3 Å². The van der Waals surface area contributed by atoms with Gasteiger partial charge in [0.1, 0.15) is 10.7 Å². The average Bonchev–Trinajstić information content (AvgIpc) is 1.97. The summed E-state index contributed by atoms with van der Waals surface area (Å²) < 4.78 is 24.8. The van der Waals surface area contributed by atoms with Crippen LogP contribution < -0.4 is 0 Å². The third-order valence-electron chi connectivity index (χ3n) is 1.07. The third kappa shape index (κ3) is 5.91. The lowest BCUT2D eigenvalue weighted by molar-refractivity contribution is -0.138. The largest absolute Gasteiger partial charge is 0.462 e. The highest BCUT2D eigenvalue weighted by atomic mass is 32.2. The van der Waals surface area contributed by atoms with E-state index in [4.69, 9.17) is 0 Å². The summed E-state index contributed by atoms with van der Waals surface area (Å²) in [5.74, 6) is -0.421. The second kappa shape index (κ2) is 5.77. The first kappa shape index (κ1) is 11.2. The van der Waals surface area contributed by atoms with Crippen molar-refractivity contribution in [2.75, 3.05) is 12.4 Å². The predicted octanol–water partition coefficient (Wildman–Crippen LogP) is 0.107. The lowest BCUT2D eigenvalue weighted by atomic mass is 10.4. The number of carbonyl (C=O) groups is 1. The molecule has 12 heavy (non-hydrogen) atoms. The Bertz CT molecular complexity index is 234. The number of rotatable bonds is 5. The molecule has 0 aliphatic carbocycles. The number of carbonyl (C=O) groups excluding carboxylic acids is 1. The van der Waals surface area contributed by atoms with Crippen molar-refractivity contribution in [3.63, 3.8) is 0 Å². The number of ether oxygens (including phenoxy) is 1. The summed E-state index contributed by atoms with van der Waals surface area (Å²) in [7, 11) is -2.36. The Morgan fingerprint density at radius 2 is 2.08 bits per heavy atom. The van der Waals surface area contributed by atoms with Gasteiger partial charge >= 0.3 is 5.97 Å². The van der Waals surface area contributed by atoms with Crippen LogP contribution in [0, 0.1) is 0 Å². The lowest BCUT2D eigenvalue weighted by Crippen LogP contribution is -2.07. The molecule has 0 amide bonds. The SMILES string of the molecule is C=C(C)C(=O)OCCC[SH](=O)=O. The maximum absolute atomic E-state index is 10.7. The van der Waals surface area contributed by atoms with Gasteiger partial charge in [-0.15, -0.1) is 0 Å². The summed E-state index contributed by atoms with van der Waals surface area (Å²) in [6.45, 7) is 5.05. The molecule has 4 nitrogen and oxygen atoms in total. The Kier molecular flexibility index (Phi) is 5.36. The van der Waals surface area contributed by atoms with Crippen molar-refractivity contribution < 1.29 is 17.9 Å². The van der Waals surface area contributed by atoms with Gasteiger partial charge in [0.15, 0.2) is 0 Å². The van der Waals surface area contributed by atoms with Crippen LogP contribution in [0.5, 0.6) is 0 Å². The monoisotopic (exact) mass is 192 g/mol. The minimum absolute atomic E-state index is 0.0544. The number of hydrogen-bond donors (Lipinski definition) is 1. The molecule has 0 spiro atoms. The van der Waals surface area contributed by atoms with E-state index in [9.17, 15) is 13.2 Å². The molecule has 0 aliphatic heterocycles. The van der Waals surface area contributed by atoms with Crippen LogP contribution in [0.3, 0.4) is 0 Å². The standard InChI is InChI=1S/C7H12O4S/c1-6(2)7(8)11-4-3-5-12(9)10/h12H,1,3-5H2,2H3. The van der Waals surface area contributed by atoms with Crippen LogP contribution in [0.15, 0.2) is 12.2 Å². The molecule has 5 heteroatoms. The van der Waals surface area contributed by atoms with Crippen LogP contribution in [0.25, 0.3) is 0 Å². The fraction of sp³-hybridized carbons (Fsp3) is 0.571. The molecule has 0 aliphatic rings. The van der Waals surface area contributed by atoms with Gasteiger partial charge < -0.3 is 4.74 Å². The maximum atomic E-state index is 10.7. The van der Waals surface area contributed by atoms with Crippen molar-refractivity contribution in [3.8, 4) is 0 Å². The van der Waals surface area contributed by atoms with Gasteiger partial charge in [-0.05, 0) is 13.3 Å². The third-order valence-corrected chi connectivity index (χ3v) is 1.75. The van der Waals surface area contributed by atoms with E-state index in [1.54, 1.807) is 0 Å². The van der Waals surface area contributed by atoms with Crippen LogP contribution in [-0.2, 0) is 20.2 Å². The minimum Gasteiger partial charge on any atom is -0.462 e. The van der Waals surface area contributed by atoms with Gasteiger partial charge in [-0.3, -0.25) is 0 Å². The predicted molar refractivity (Wildman–Crippen MR) is 45.6 cm³/mol. The lowest BCUT2D eigenvalue weighted by Gasteiger charge is -2.00. The molecule has 0 aromatic carbocycles. The summed E-state index contributed by atoms with van der Waals surface area (Å²) >= 11 is 0. The second-order valence-corrected chi connectivity index (χ2v) is 3.44. The number of hydrogen-bond acceptors (Lipinski definition) is 4. The highest BCUT2D eigenvalue weighted by Crippen LogP contribution is 1.93. The maximum Gasteiger partial charge on any atom is 0.333 e. The zero-order valence-electron chi connectivity index (χ0n) is 6.91. The number of thiol groups is 1. The molecule has 0 radical (unpaired) electrons. The molecule has 0 fully saturated rings. The van der Waals surface area contributed by atoms with Crippen molar-refractivity contribution in [1.82, 2.24) is 0 Å². The molecular formula is C7H12O4S. The first-order valence-electron chi connectivity index (χ1n) is 3.48. The second-order valence-electron chi connectivity index (χ2n) is 2.33. The van der Waals surface area contributed by atoms with Crippen molar-refractivity contribution >= 4 is 16.7 Å². The van der Waals surface area contributed by atoms with Crippen molar-refractivity contribution in [1.29, 1.82) is 0 Å². The molecule has 0 heterocycles. The van der Waals surface area contributed by atoms with E-state index in [0.29, 0.717) is 12.0 Å². The summed E-state index contributed by atoms with van der Waals surface area (Å²) in [5.41, 5.74) is 0.321. The first-order valence-corrected chi connectivity index (χ1v) is 4.84. The first-order chi connectivity index (χ1) is 5.54. The fourth-order valence-corrected chi connectivity index (χ4v) is 0.869. The molecule has 0 atom stereocenters. The van der Waals surface area contributed by atoms with Crippen LogP contribution in [0.2, 0.25) is 0 Å². The van der Waals surface area contributed by atoms with Gasteiger partial charge in [-0.25, -0.2) is 13.2 Å². The van der Waals surface area contributed by atoms with Gasteiger partial charge in [0.05, 0.1) is 12.4 Å². The molecule has 0 aromatic rings. The molecule has 70 valence electrons. The molecule has 0 saturated heterocycles. The Morgan fingerprint density at radius 1 is 1.50 bits per heavy atom. The smallest absolute Gasteiger partial charge is 0.333 e. The Morgan fingerprint density at radius 3 is 2.50 bits per heavy atom. The molecule has 0 N–H and O–H groups in total. The Labute approximate surface area is 73.2 Å². The minimum atomic E-state index is -2.36. The Balaban J connectivity index is 3.44. The normalized spacial score (nSPS) is 9.83. The fourth-order valence-electron chi connectivity index (χ4n) is 0.482. The van der Waals surface area contributed by atoms with E-state index >= 15 is 0 Å². The Hall–Kier alpha value is -0.840. The van der Waals surface area contributed by atoms with Crippen LogP contribution in [0.4, 0.5) is 0 Å².